The summed E-state index contributed by atoms with van der Waals surface area (Å²) in [5.41, 5.74) is 7.98. The maximum Gasteiger partial charge on any atom is 0.227 e. The smallest absolute Gasteiger partial charge is 0.227 e. The second kappa shape index (κ2) is 8.99. The van der Waals surface area contributed by atoms with Crippen molar-refractivity contribution in [3.05, 3.63) is 40.3 Å². The standard InChI is InChI=1S/C22H30N6OS/c29-20(13-17-6-4-12-30-17)28-11-3-5-16(15-28)21-18(14-24-26-21)19-7-8-23-22(25-19)27-9-1-2-10-27/h4,6-8,12,16,18,21,24,26H,1-3,5,9-11,13-15H2. The maximum absolute atomic E-state index is 12.8. The Balaban J connectivity index is 1.27. The van der Waals surface area contributed by atoms with Gasteiger partial charge in [0.15, 0.2) is 0 Å². The van der Waals surface area contributed by atoms with Crippen molar-refractivity contribution in [2.75, 3.05) is 37.6 Å². The number of hydrazine groups is 1. The van der Waals surface area contributed by atoms with Gasteiger partial charge < -0.3 is 9.80 Å². The molecule has 160 valence electrons. The number of aromatic nitrogens is 2. The first-order valence-corrected chi connectivity index (χ1v) is 12.0. The lowest BCUT2D eigenvalue weighted by molar-refractivity contribution is -0.132. The van der Waals surface area contributed by atoms with E-state index in [4.69, 9.17) is 4.98 Å². The van der Waals surface area contributed by atoms with Crippen molar-refractivity contribution < 1.29 is 4.79 Å². The van der Waals surface area contributed by atoms with E-state index >= 15 is 0 Å². The molecule has 2 aromatic heterocycles. The van der Waals surface area contributed by atoms with Gasteiger partial charge in [0.25, 0.3) is 0 Å². The molecule has 30 heavy (non-hydrogen) atoms. The molecule has 7 nitrogen and oxygen atoms in total. The van der Waals surface area contributed by atoms with Crippen LogP contribution in [-0.4, -0.2) is 59.5 Å². The van der Waals surface area contributed by atoms with E-state index in [0.717, 1.165) is 62.1 Å². The van der Waals surface area contributed by atoms with Crippen LogP contribution in [0.15, 0.2) is 29.8 Å². The minimum absolute atomic E-state index is 0.253. The van der Waals surface area contributed by atoms with E-state index < -0.39 is 0 Å². The number of anilines is 1. The minimum atomic E-state index is 0.253. The van der Waals surface area contributed by atoms with Gasteiger partial charge in [-0.05, 0) is 49.1 Å². The van der Waals surface area contributed by atoms with Gasteiger partial charge in [-0.2, -0.15) is 0 Å². The molecule has 3 atom stereocenters. The molecule has 0 aliphatic carbocycles. The van der Waals surface area contributed by atoms with Gasteiger partial charge in [-0.3, -0.25) is 15.6 Å². The number of piperidine rings is 1. The van der Waals surface area contributed by atoms with Gasteiger partial charge in [0.2, 0.25) is 11.9 Å². The highest BCUT2D eigenvalue weighted by atomic mass is 32.1. The number of thiophene rings is 1. The molecule has 0 saturated carbocycles. The van der Waals surface area contributed by atoms with E-state index in [2.05, 4.69) is 37.8 Å². The van der Waals surface area contributed by atoms with Crippen LogP contribution in [-0.2, 0) is 11.2 Å². The number of nitrogens with one attached hydrogen (secondary N) is 2. The summed E-state index contributed by atoms with van der Waals surface area (Å²) in [4.78, 5) is 27.8. The van der Waals surface area contributed by atoms with E-state index in [1.807, 2.05) is 17.6 Å². The zero-order valence-corrected chi connectivity index (χ0v) is 18.1. The zero-order chi connectivity index (χ0) is 20.3. The summed E-state index contributed by atoms with van der Waals surface area (Å²) in [5, 5.41) is 2.04. The van der Waals surface area contributed by atoms with Crippen LogP contribution in [0.2, 0.25) is 0 Å². The molecule has 3 aliphatic heterocycles. The lowest BCUT2D eigenvalue weighted by atomic mass is 9.82. The van der Waals surface area contributed by atoms with Crippen LogP contribution in [0.4, 0.5) is 5.95 Å². The normalized spacial score (nSPS) is 27.0. The van der Waals surface area contributed by atoms with Gasteiger partial charge in [0.05, 0.1) is 12.1 Å². The van der Waals surface area contributed by atoms with Gasteiger partial charge >= 0.3 is 0 Å². The molecule has 0 bridgehead atoms. The highest BCUT2D eigenvalue weighted by Gasteiger charge is 2.38. The van der Waals surface area contributed by atoms with Crippen LogP contribution in [0.3, 0.4) is 0 Å². The summed E-state index contributed by atoms with van der Waals surface area (Å²) >= 11 is 1.66. The van der Waals surface area contributed by atoms with Gasteiger partial charge in [-0.15, -0.1) is 11.3 Å². The van der Waals surface area contributed by atoms with Gasteiger partial charge in [-0.25, -0.2) is 9.97 Å². The monoisotopic (exact) mass is 426 g/mol. The molecule has 5 heterocycles. The number of amides is 1. The summed E-state index contributed by atoms with van der Waals surface area (Å²) in [6.45, 7) is 4.67. The van der Waals surface area contributed by atoms with E-state index in [1.54, 1.807) is 11.3 Å². The summed E-state index contributed by atoms with van der Waals surface area (Å²) in [6.07, 6.45) is 7.08. The quantitative estimate of drug-likeness (QED) is 0.764. The van der Waals surface area contributed by atoms with Crippen LogP contribution in [0.1, 0.15) is 42.2 Å². The maximum atomic E-state index is 12.8. The van der Waals surface area contributed by atoms with Crippen molar-refractivity contribution in [3.63, 3.8) is 0 Å². The fourth-order valence-corrected chi connectivity index (χ4v) is 5.79. The first kappa shape index (κ1) is 19.9. The van der Waals surface area contributed by atoms with Crippen LogP contribution in [0.25, 0.3) is 0 Å². The largest absolute Gasteiger partial charge is 0.342 e. The van der Waals surface area contributed by atoms with Crippen LogP contribution >= 0.6 is 11.3 Å². The van der Waals surface area contributed by atoms with Gasteiger partial charge in [-0.1, -0.05) is 6.07 Å². The van der Waals surface area contributed by atoms with E-state index in [0.29, 0.717) is 18.3 Å². The molecular formula is C22H30N6OS. The van der Waals surface area contributed by atoms with Crippen LogP contribution in [0.5, 0.6) is 0 Å². The average Bonchev–Trinajstić information content (AvgIpc) is 3.56. The Morgan fingerprint density at radius 1 is 1.20 bits per heavy atom. The van der Waals surface area contributed by atoms with Crippen molar-refractivity contribution in [2.24, 2.45) is 5.92 Å². The Bertz CT molecular complexity index is 853. The molecular weight excluding hydrogens is 396 g/mol. The van der Waals surface area contributed by atoms with Crippen LogP contribution in [0, 0.1) is 5.92 Å². The molecule has 3 saturated heterocycles. The number of rotatable bonds is 5. The van der Waals surface area contributed by atoms with Gasteiger partial charge in [0.1, 0.15) is 0 Å². The van der Waals surface area contributed by atoms with Crippen molar-refractivity contribution in [1.29, 1.82) is 0 Å². The molecule has 8 heteroatoms. The molecule has 5 rings (SSSR count). The second-order valence-electron chi connectivity index (χ2n) is 8.63. The first-order valence-electron chi connectivity index (χ1n) is 11.1. The van der Waals surface area contributed by atoms with E-state index in [-0.39, 0.29) is 11.9 Å². The molecule has 3 unspecified atom stereocenters. The highest BCUT2D eigenvalue weighted by Crippen LogP contribution is 2.32. The molecule has 0 radical (unpaired) electrons. The third-order valence-electron chi connectivity index (χ3n) is 6.68. The first-order chi connectivity index (χ1) is 14.8. The van der Waals surface area contributed by atoms with Crippen molar-refractivity contribution in [1.82, 2.24) is 25.7 Å². The molecule has 0 aromatic carbocycles. The SMILES string of the molecule is O=C(Cc1cccs1)N1CCCC(C2NNCC2c2ccnc(N3CCCC3)n2)C1. The second-order valence-corrected chi connectivity index (χ2v) is 9.66. The van der Waals surface area contributed by atoms with Crippen LogP contribution < -0.4 is 15.8 Å². The number of carbonyl (C=O) groups excluding carboxylic acids is 1. The third kappa shape index (κ3) is 4.22. The lowest BCUT2D eigenvalue weighted by Gasteiger charge is -2.37. The summed E-state index contributed by atoms with van der Waals surface area (Å²) in [7, 11) is 0. The fraction of sp³-hybridized carbons (Fsp3) is 0.591. The summed E-state index contributed by atoms with van der Waals surface area (Å²) in [6, 6.07) is 6.41. The Morgan fingerprint density at radius 2 is 2.10 bits per heavy atom. The number of hydrogen-bond donors (Lipinski definition) is 2. The number of nitrogens with zero attached hydrogens (tertiary/aromatic N) is 4. The molecule has 3 aliphatic rings. The molecule has 2 aromatic rings. The lowest BCUT2D eigenvalue weighted by Crippen LogP contribution is -2.48. The Labute approximate surface area is 181 Å². The Kier molecular flexibility index (Phi) is 5.97. The third-order valence-corrected chi connectivity index (χ3v) is 7.56. The molecule has 0 spiro atoms. The topological polar surface area (TPSA) is 73.4 Å². The highest BCUT2D eigenvalue weighted by molar-refractivity contribution is 7.10. The van der Waals surface area contributed by atoms with Crippen molar-refractivity contribution in [2.45, 2.75) is 44.1 Å². The summed E-state index contributed by atoms with van der Waals surface area (Å²) < 4.78 is 0. The Morgan fingerprint density at radius 3 is 2.93 bits per heavy atom. The molecule has 1 amide bonds. The molecule has 2 N–H and O–H groups in total. The molecule has 3 fully saturated rings. The van der Waals surface area contributed by atoms with E-state index in [9.17, 15) is 4.79 Å². The number of hydrogen-bond acceptors (Lipinski definition) is 7. The van der Waals surface area contributed by atoms with Crippen molar-refractivity contribution in [3.8, 4) is 0 Å². The number of carbonyl (C=O) groups is 1. The number of likely N-dealkylation sites (tertiary alicyclic amines) is 1. The average molecular weight is 427 g/mol. The van der Waals surface area contributed by atoms with Crippen molar-refractivity contribution >= 4 is 23.2 Å². The van der Waals surface area contributed by atoms with Gasteiger partial charge in [0, 0.05) is 55.8 Å². The minimum Gasteiger partial charge on any atom is -0.342 e. The fourth-order valence-electron chi connectivity index (χ4n) is 5.09. The predicted octanol–water partition coefficient (Wildman–Crippen LogP) is 2.18. The summed E-state index contributed by atoms with van der Waals surface area (Å²) in [5.74, 6) is 1.85. The van der Waals surface area contributed by atoms with E-state index in [1.165, 1.54) is 12.8 Å². The zero-order valence-electron chi connectivity index (χ0n) is 17.3. The predicted molar refractivity (Wildman–Crippen MR) is 118 cm³/mol. The Hall–Kier alpha value is -2.03.